The Morgan fingerprint density at radius 1 is 1.50 bits per heavy atom. The molecule has 0 spiro atoms. The summed E-state index contributed by atoms with van der Waals surface area (Å²) < 4.78 is 5.38. The summed E-state index contributed by atoms with van der Waals surface area (Å²) in [6, 6.07) is 6.45. The molecule has 16 heavy (non-hydrogen) atoms. The van der Waals surface area contributed by atoms with Crippen LogP contribution in [0.4, 0.5) is 0 Å². The number of hydrogen-bond donors (Lipinski definition) is 2. The Balaban J connectivity index is 2.21. The van der Waals surface area contributed by atoms with Crippen LogP contribution >= 0.6 is 11.6 Å². The van der Waals surface area contributed by atoms with Gasteiger partial charge in [0.1, 0.15) is 18.4 Å². The van der Waals surface area contributed by atoms with Crippen molar-refractivity contribution in [3.05, 3.63) is 29.3 Å². The molecule has 88 valence electrons. The zero-order chi connectivity index (χ0) is 12.0. The SMILES string of the molecule is CC(NCCOc1ccc(Cl)cc1)C(=O)O. The molecule has 0 aliphatic carbocycles. The summed E-state index contributed by atoms with van der Waals surface area (Å²) in [6.45, 7) is 2.49. The molecule has 0 aliphatic rings. The molecule has 0 fully saturated rings. The van der Waals surface area contributed by atoms with E-state index in [-0.39, 0.29) is 0 Å². The third kappa shape index (κ3) is 4.51. The largest absolute Gasteiger partial charge is 0.492 e. The highest BCUT2D eigenvalue weighted by atomic mass is 35.5. The van der Waals surface area contributed by atoms with Crippen molar-refractivity contribution in [2.24, 2.45) is 0 Å². The molecule has 0 amide bonds. The summed E-state index contributed by atoms with van der Waals surface area (Å²) in [6.07, 6.45) is 0. The summed E-state index contributed by atoms with van der Waals surface area (Å²) in [4.78, 5) is 10.5. The molecule has 0 saturated heterocycles. The first kappa shape index (κ1) is 12.8. The molecule has 1 aromatic carbocycles. The number of nitrogens with one attached hydrogen (secondary N) is 1. The molecule has 1 unspecified atom stereocenters. The maximum Gasteiger partial charge on any atom is 0.320 e. The second-order valence-corrected chi connectivity index (χ2v) is 3.75. The van der Waals surface area contributed by atoms with Gasteiger partial charge in [0.2, 0.25) is 0 Å². The number of carboxylic acids is 1. The molecule has 1 atom stereocenters. The van der Waals surface area contributed by atoms with Crippen LogP contribution in [-0.2, 0) is 4.79 Å². The van der Waals surface area contributed by atoms with Gasteiger partial charge in [-0.05, 0) is 31.2 Å². The van der Waals surface area contributed by atoms with E-state index >= 15 is 0 Å². The molecule has 4 nitrogen and oxygen atoms in total. The van der Waals surface area contributed by atoms with Crippen LogP contribution in [0.2, 0.25) is 5.02 Å². The number of aliphatic carboxylic acids is 1. The minimum Gasteiger partial charge on any atom is -0.492 e. The van der Waals surface area contributed by atoms with E-state index in [1.165, 1.54) is 0 Å². The fourth-order valence-electron chi connectivity index (χ4n) is 1.06. The van der Waals surface area contributed by atoms with Gasteiger partial charge in [-0.1, -0.05) is 11.6 Å². The normalized spacial score (nSPS) is 12.1. The van der Waals surface area contributed by atoms with Crippen LogP contribution in [0, 0.1) is 0 Å². The van der Waals surface area contributed by atoms with Crippen LogP contribution in [-0.4, -0.2) is 30.3 Å². The van der Waals surface area contributed by atoms with E-state index in [9.17, 15) is 4.79 Å². The fraction of sp³-hybridized carbons (Fsp3) is 0.364. The van der Waals surface area contributed by atoms with Gasteiger partial charge < -0.3 is 15.2 Å². The number of carbonyl (C=O) groups is 1. The molecule has 0 aromatic heterocycles. The fourth-order valence-corrected chi connectivity index (χ4v) is 1.19. The van der Waals surface area contributed by atoms with Crippen LogP contribution in [0.15, 0.2) is 24.3 Å². The molecule has 0 bridgehead atoms. The molecule has 2 N–H and O–H groups in total. The van der Waals surface area contributed by atoms with Crippen molar-refractivity contribution in [2.75, 3.05) is 13.2 Å². The second-order valence-electron chi connectivity index (χ2n) is 3.32. The molecule has 1 rings (SSSR count). The summed E-state index contributed by atoms with van der Waals surface area (Å²) in [5.41, 5.74) is 0. The number of ether oxygens (including phenoxy) is 1. The average molecular weight is 244 g/mol. The highest BCUT2D eigenvalue weighted by Gasteiger charge is 2.08. The van der Waals surface area contributed by atoms with Crippen LogP contribution in [0.1, 0.15) is 6.92 Å². The maximum absolute atomic E-state index is 10.5. The van der Waals surface area contributed by atoms with Crippen molar-refractivity contribution in [2.45, 2.75) is 13.0 Å². The lowest BCUT2D eigenvalue weighted by molar-refractivity contribution is -0.139. The van der Waals surface area contributed by atoms with E-state index in [2.05, 4.69) is 5.32 Å². The van der Waals surface area contributed by atoms with E-state index < -0.39 is 12.0 Å². The quantitative estimate of drug-likeness (QED) is 0.748. The number of benzene rings is 1. The summed E-state index contributed by atoms with van der Waals surface area (Å²) in [5.74, 6) is -0.152. The molecular weight excluding hydrogens is 230 g/mol. The first-order valence-electron chi connectivity index (χ1n) is 4.94. The Bertz CT molecular complexity index is 340. The predicted molar refractivity (Wildman–Crippen MR) is 62.0 cm³/mol. The molecule has 0 saturated carbocycles. The average Bonchev–Trinajstić information content (AvgIpc) is 2.26. The predicted octanol–water partition coefficient (Wildman–Crippen LogP) is 1.78. The Labute approximate surface area is 99.2 Å². The molecule has 0 heterocycles. The van der Waals surface area contributed by atoms with E-state index in [0.29, 0.717) is 23.9 Å². The van der Waals surface area contributed by atoms with Crippen molar-refractivity contribution < 1.29 is 14.6 Å². The van der Waals surface area contributed by atoms with E-state index in [1.807, 2.05) is 0 Å². The minimum atomic E-state index is -0.869. The zero-order valence-corrected chi connectivity index (χ0v) is 9.70. The Hall–Kier alpha value is -1.26. The molecule has 1 aromatic rings. The monoisotopic (exact) mass is 243 g/mol. The van der Waals surface area contributed by atoms with Gasteiger partial charge >= 0.3 is 5.97 Å². The van der Waals surface area contributed by atoms with E-state index in [0.717, 1.165) is 0 Å². The Morgan fingerprint density at radius 2 is 2.12 bits per heavy atom. The van der Waals surface area contributed by atoms with Crippen molar-refractivity contribution in [3.63, 3.8) is 0 Å². The standard InChI is InChI=1S/C11H14ClNO3/c1-8(11(14)15)13-6-7-16-10-4-2-9(12)3-5-10/h2-5,8,13H,6-7H2,1H3,(H,14,15). The van der Waals surface area contributed by atoms with Gasteiger partial charge in [0.25, 0.3) is 0 Å². The topological polar surface area (TPSA) is 58.6 Å². The molecule has 0 radical (unpaired) electrons. The molecule has 5 heteroatoms. The molecular formula is C11H14ClNO3. The van der Waals surface area contributed by atoms with Gasteiger partial charge in [0.15, 0.2) is 0 Å². The van der Waals surface area contributed by atoms with Gasteiger partial charge in [0, 0.05) is 11.6 Å². The van der Waals surface area contributed by atoms with Crippen LogP contribution in [0.25, 0.3) is 0 Å². The first-order chi connectivity index (χ1) is 7.59. The van der Waals surface area contributed by atoms with Gasteiger partial charge in [-0.25, -0.2) is 0 Å². The van der Waals surface area contributed by atoms with Crippen molar-refractivity contribution in [1.29, 1.82) is 0 Å². The Morgan fingerprint density at radius 3 is 2.69 bits per heavy atom. The summed E-state index contributed by atoms with van der Waals surface area (Å²) >= 11 is 5.72. The summed E-state index contributed by atoms with van der Waals surface area (Å²) in [5, 5.41) is 12.1. The number of halogens is 1. The van der Waals surface area contributed by atoms with Gasteiger partial charge in [-0.2, -0.15) is 0 Å². The maximum atomic E-state index is 10.5. The molecule has 0 aliphatic heterocycles. The number of hydrogen-bond acceptors (Lipinski definition) is 3. The van der Waals surface area contributed by atoms with Gasteiger partial charge in [0.05, 0.1) is 0 Å². The summed E-state index contributed by atoms with van der Waals surface area (Å²) in [7, 11) is 0. The minimum absolute atomic E-state index is 0.416. The van der Waals surface area contributed by atoms with Gasteiger partial charge in [-0.3, -0.25) is 4.79 Å². The second kappa shape index (κ2) is 6.35. The smallest absolute Gasteiger partial charge is 0.320 e. The zero-order valence-electron chi connectivity index (χ0n) is 8.94. The van der Waals surface area contributed by atoms with Gasteiger partial charge in [-0.15, -0.1) is 0 Å². The van der Waals surface area contributed by atoms with Crippen LogP contribution in [0.5, 0.6) is 5.75 Å². The van der Waals surface area contributed by atoms with E-state index in [4.69, 9.17) is 21.4 Å². The number of carboxylic acid groups (broad SMARTS) is 1. The van der Waals surface area contributed by atoms with Crippen LogP contribution < -0.4 is 10.1 Å². The van der Waals surface area contributed by atoms with Crippen LogP contribution in [0.3, 0.4) is 0 Å². The lowest BCUT2D eigenvalue weighted by atomic mass is 10.3. The van der Waals surface area contributed by atoms with Crippen molar-refractivity contribution in [1.82, 2.24) is 5.32 Å². The lowest BCUT2D eigenvalue weighted by Crippen LogP contribution is -2.36. The lowest BCUT2D eigenvalue weighted by Gasteiger charge is -2.10. The highest BCUT2D eigenvalue weighted by molar-refractivity contribution is 6.30. The third-order valence-electron chi connectivity index (χ3n) is 2.01. The third-order valence-corrected chi connectivity index (χ3v) is 2.26. The number of rotatable bonds is 6. The first-order valence-corrected chi connectivity index (χ1v) is 5.32. The Kier molecular flexibility index (Phi) is 5.08. The van der Waals surface area contributed by atoms with Crippen molar-refractivity contribution in [3.8, 4) is 5.75 Å². The highest BCUT2D eigenvalue weighted by Crippen LogP contribution is 2.14. The van der Waals surface area contributed by atoms with Crippen molar-refractivity contribution >= 4 is 17.6 Å². The van der Waals surface area contributed by atoms with E-state index in [1.54, 1.807) is 31.2 Å².